The molecule has 1 N–H and O–H groups in total. The Bertz CT molecular complexity index is 829. The van der Waals surface area contributed by atoms with Gasteiger partial charge < -0.3 is 5.32 Å². The summed E-state index contributed by atoms with van der Waals surface area (Å²) in [5.74, 6) is -0.334. The van der Waals surface area contributed by atoms with Crippen molar-refractivity contribution < 1.29 is 13.2 Å². The van der Waals surface area contributed by atoms with Crippen LogP contribution < -0.4 is 9.62 Å². The quantitative estimate of drug-likeness (QED) is 0.825. The van der Waals surface area contributed by atoms with Gasteiger partial charge >= 0.3 is 0 Å². The number of amides is 1. The SMILES string of the molecule is CS(=O)(=O)N(CCNC(=O)c1cccnc1)c1ccc(Cl)cc1Cl. The summed E-state index contributed by atoms with van der Waals surface area (Å²) in [5, 5.41) is 3.27. The fourth-order valence-corrected chi connectivity index (χ4v) is 3.52. The monoisotopic (exact) mass is 387 g/mol. The van der Waals surface area contributed by atoms with Crippen LogP contribution in [0.4, 0.5) is 5.69 Å². The number of pyridine rings is 1. The topological polar surface area (TPSA) is 79.4 Å². The molecular formula is C15H15Cl2N3O3S. The van der Waals surface area contributed by atoms with E-state index in [1.807, 2.05) is 0 Å². The third-order valence-corrected chi connectivity index (χ3v) is 4.82. The lowest BCUT2D eigenvalue weighted by atomic mass is 10.3. The molecule has 9 heteroatoms. The Morgan fingerprint density at radius 1 is 1.29 bits per heavy atom. The van der Waals surface area contributed by atoms with Crippen LogP contribution in [-0.4, -0.2) is 38.7 Å². The lowest BCUT2D eigenvalue weighted by Gasteiger charge is -2.23. The number of hydrogen-bond acceptors (Lipinski definition) is 4. The van der Waals surface area contributed by atoms with Crippen molar-refractivity contribution in [3.05, 3.63) is 58.3 Å². The minimum atomic E-state index is -3.57. The van der Waals surface area contributed by atoms with E-state index in [2.05, 4.69) is 10.3 Å². The zero-order chi connectivity index (χ0) is 17.7. The van der Waals surface area contributed by atoms with Gasteiger partial charge in [0, 0.05) is 24.0 Å². The molecule has 0 aliphatic carbocycles. The van der Waals surface area contributed by atoms with Gasteiger partial charge in [-0.15, -0.1) is 0 Å². The highest BCUT2D eigenvalue weighted by Gasteiger charge is 2.20. The standard InChI is InChI=1S/C15H15Cl2N3O3S/c1-24(22,23)20(14-5-4-12(16)9-13(14)17)8-7-19-15(21)11-3-2-6-18-10-11/h2-6,9-10H,7-8H2,1H3,(H,19,21). The van der Waals surface area contributed by atoms with Gasteiger partial charge in [-0.25, -0.2) is 8.42 Å². The maximum atomic E-state index is 12.0. The van der Waals surface area contributed by atoms with Crippen molar-refractivity contribution in [2.24, 2.45) is 0 Å². The fourth-order valence-electron chi connectivity index (χ4n) is 2.02. The molecule has 0 radical (unpaired) electrons. The fraction of sp³-hybridized carbons (Fsp3) is 0.200. The van der Waals surface area contributed by atoms with Crippen LogP contribution in [0, 0.1) is 0 Å². The lowest BCUT2D eigenvalue weighted by Crippen LogP contribution is -2.38. The number of benzene rings is 1. The number of nitrogens with zero attached hydrogens (tertiary/aromatic N) is 2. The van der Waals surface area contributed by atoms with E-state index in [1.165, 1.54) is 18.3 Å². The highest BCUT2D eigenvalue weighted by molar-refractivity contribution is 7.92. The van der Waals surface area contributed by atoms with Crippen molar-refractivity contribution in [3.8, 4) is 0 Å². The van der Waals surface area contributed by atoms with E-state index in [0.29, 0.717) is 16.3 Å². The molecule has 0 saturated heterocycles. The molecule has 0 aliphatic rings. The second kappa shape index (κ2) is 7.83. The van der Waals surface area contributed by atoms with Crippen LogP contribution >= 0.6 is 23.2 Å². The third kappa shape index (κ3) is 4.83. The van der Waals surface area contributed by atoms with Crippen LogP contribution in [0.1, 0.15) is 10.4 Å². The molecule has 0 fully saturated rings. The largest absolute Gasteiger partial charge is 0.350 e. The van der Waals surface area contributed by atoms with Gasteiger partial charge in [0.25, 0.3) is 5.91 Å². The van der Waals surface area contributed by atoms with Gasteiger partial charge in [0.15, 0.2) is 0 Å². The molecule has 128 valence electrons. The summed E-state index contributed by atoms with van der Waals surface area (Å²) in [6, 6.07) is 7.80. The van der Waals surface area contributed by atoms with Crippen LogP contribution in [0.25, 0.3) is 0 Å². The van der Waals surface area contributed by atoms with Crippen LogP contribution in [0.15, 0.2) is 42.7 Å². The Kier molecular flexibility index (Phi) is 6.04. The Labute approximate surface area is 150 Å². The van der Waals surface area contributed by atoms with Crippen molar-refractivity contribution >= 4 is 44.8 Å². The lowest BCUT2D eigenvalue weighted by molar-refractivity contribution is 0.0954. The van der Waals surface area contributed by atoms with Gasteiger partial charge in [-0.2, -0.15) is 0 Å². The van der Waals surface area contributed by atoms with Gasteiger partial charge in [-0.3, -0.25) is 14.1 Å². The number of aromatic nitrogens is 1. The van der Waals surface area contributed by atoms with Crippen LogP contribution in [0.5, 0.6) is 0 Å². The maximum Gasteiger partial charge on any atom is 0.252 e. The highest BCUT2D eigenvalue weighted by atomic mass is 35.5. The summed E-state index contributed by atoms with van der Waals surface area (Å²) >= 11 is 11.9. The number of carbonyl (C=O) groups excluding carboxylic acids is 1. The molecule has 0 atom stereocenters. The highest BCUT2D eigenvalue weighted by Crippen LogP contribution is 2.30. The van der Waals surface area contributed by atoms with Crippen LogP contribution in [-0.2, 0) is 10.0 Å². The van der Waals surface area contributed by atoms with Crippen molar-refractivity contribution in [1.29, 1.82) is 0 Å². The van der Waals surface area contributed by atoms with Crippen molar-refractivity contribution in [2.75, 3.05) is 23.7 Å². The smallest absolute Gasteiger partial charge is 0.252 e. The zero-order valence-electron chi connectivity index (χ0n) is 12.7. The molecule has 0 aliphatic heterocycles. The first-order valence-corrected chi connectivity index (χ1v) is 9.50. The second-order valence-electron chi connectivity index (χ2n) is 4.93. The van der Waals surface area contributed by atoms with E-state index < -0.39 is 10.0 Å². The number of carbonyl (C=O) groups is 1. The van der Waals surface area contributed by atoms with Gasteiger partial charge in [0.05, 0.1) is 29.1 Å². The van der Waals surface area contributed by atoms with Crippen molar-refractivity contribution in [1.82, 2.24) is 10.3 Å². The van der Waals surface area contributed by atoms with E-state index in [9.17, 15) is 13.2 Å². The molecule has 1 amide bonds. The predicted molar refractivity (Wildman–Crippen MR) is 95.2 cm³/mol. The summed E-state index contributed by atoms with van der Waals surface area (Å²) in [6.07, 6.45) is 4.06. The molecule has 0 spiro atoms. The molecule has 1 heterocycles. The van der Waals surface area contributed by atoms with E-state index in [4.69, 9.17) is 23.2 Å². The van der Waals surface area contributed by atoms with Gasteiger partial charge in [0.1, 0.15) is 0 Å². The zero-order valence-corrected chi connectivity index (χ0v) is 15.1. The third-order valence-electron chi connectivity index (χ3n) is 3.10. The average Bonchev–Trinajstić information content (AvgIpc) is 2.52. The van der Waals surface area contributed by atoms with Crippen LogP contribution in [0.3, 0.4) is 0 Å². The molecule has 1 aromatic carbocycles. The summed E-state index contributed by atoms with van der Waals surface area (Å²) in [4.78, 5) is 15.8. The minimum absolute atomic E-state index is 0.0339. The predicted octanol–water partition coefficient (Wildman–Crippen LogP) is 2.58. The van der Waals surface area contributed by atoms with Gasteiger partial charge in [0.2, 0.25) is 10.0 Å². The van der Waals surface area contributed by atoms with E-state index in [-0.39, 0.29) is 24.0 Å². The van der Waals surface area contributed by atoms with E-state index in [0.717, 1.165) is 10.6 Å². The summed E-state index contributed by atoms with van der Waals surface area (Å²) in [7, 11) is -3.57. The number of nitrogens with one attached hydrogen (secondary N) is 1. The number of rotatable bonds is 6. The first-order chi connectivity index (χ1) is 11.3. The molecule has 2 rings (SSSR count). The van der Waals surface area contributed by atoms with Crippen molar-refractivity contribution in [2.45, 2.75) is 0 Å². The first-order valence-electron chi connectivity index (χ1n) is 6.90. The van der Waals surface area contributed by atoms with Gasteiger partial charge in [-0.1, -0.05) is 23.2 Å². The number of halogens is 2. The normalized spacial score (nSPS) is 11.1. The number of anilines is 1. The van der Waals surface area contributed by atoms with E-state index >= 15 is 0 Å². The number of hydrogen-bond donors (Lipinski definition) is 1. The maximum absolute atomic E-state index is 12.0. The molecule has 1 aromatic heterocycles. The molecule has 0 saturated carbocycles. The Balaban J connectivity index is 2.09. The summed E-state index contributed by atoms with van der Waals surface area (Å²) < 4.78 is 25.2. The molecule has 0 bridgehead atoms. The Morgan fingerprint density at radius 3 is 2.62 bits per heavy atom. The summed E-state index contributed by atoms with van der Waals surface area (Å²) in [5.41, 5.74) is 0.701. The first kappa shape index (κ1) is 18.5. The second-order valence-corrected chi connectivity index (χ2v) is 7.68. The van der Waals surface area contributed by atoms with E-state index in [1.54, 1.807) is 24.4 Å². The number of sulfonamides is 1. The summed E-state index contributed by atoms with van der Waals surface area (Å²) in [6.45, 7) is 0.145. The molecule has 0 unspecified atom stereocenters. The molecule has 6 nitrogen and oxygen atoms in total. The average molecular weight is 388 g/mol. The Morgan fingerprint density at radius 2 is 2.04 bits per heavy atom. The van der Waals surface area contributed by atoms with Crippen molar-refractivity contribution in [3.63, 3.8) is 0 Å². The molecule has 2 aromatic rings. The van der Waals surface area contributed by atoms with Crippen LogP contribution in [0.2, 0.25) is 10.0 Å². The molecular weight excluding hydrogens is 373 g/mol. The Hall–Kier alpha value is -1.83. The minimum Gasteiger partial charge on any atom is -0.350 e. The van der Waals surface area contributed by atoms with Gasteiger partial charge in [-0.05, 0) is 30.3 Å². The molecule has 24 heavy (non-hydrogen) atoms.